The van der Waals surface area contributed by atoms with E-state index in [4.69, 9.17) is 4.74 Å². The molecule has 5 heteroatoms. The lowest BCUT2D eigenvalue weighted by molar-refractivity contribution is 0.216. The molecule has 0 bridgehead atoms. The normalized spacial score (nSPS) is 14.9. The lowest BCUT2D eigenvalue weighted by Gasteiger charge is -2.14. The zero-order valence-corrected chi connectivity index (χ0v) is 16.2. The van der Waals surface area contributed by atoms with E-state index in [9.17, 15) is 4.79 Å². The minimum Gasteiger partial charge on any atom is -0.399 e. The van der Waals surface area contributed by atoms with Gasteiger partial charge in [0, 0.05) is 23.0 Å². The third-order valence-electron chi connectivity index (χ3n) is 5.06. The molecule has 140 valence electrons. The van der Waals surface area contributed by atoms with Crippen LogP contribution < -0.4 is 15.4 Å². The number of carbonyl (C=O) groups excluding carboxylic acids is 1. The average molecular weight is 381 g/mol. The van der Waals surface area contributed by atoms with Gasteiger partial charge in [0.25, 0.3) is 0 Å². The van der Waals surface area contributed by atoms with E-state index in [1.165, 1.54) is 24.2 Å². The Bertz CT molecular complexity index is 900. The van der Waals surface area contributed by atoms with E-state index in [0.717, 1.165) is 40.3 Å². The molecule has 0 radical (unpaired) electrons. The van der Waals surface area contributed by atoms with Crippen molar-refractivity contribution < 1.29 is 9.53 Å². The first-order valence-electron chi connectivity index (χ1n) is 9.45. The van der Waals surface area contributed by atoms with Gasteiger partial charge in [-0.15, -0.1) is 0 Å². The predicted octanol–water partition coefficient (Wildman–Crippen LogP) is 5.65. The summed E-state index contributed by atoms with van der Waals surface area (Å²) >= 11 is 1.47. The van der Waals surface area contributed by atoms with Crippen molar-refractivity contribution >= 4 is 33.2 Å². The van der Waals surface area contributed by atoms with Gasteiger partial charge >= 0.3 is 6.09 Å². The summed E-state index contributed by atoms with van der Waals surface area (Å²) in [6.07, 6.45) is 2.27. The summed E-state index contributed by atoms with van der Waals surface area (Å²) in [5.74, 6) is 1.60. The van der Waals surface area contributed by atoms with E-state index in [-0.39, 0.29) is 0 Å². The highest BCUT2D eigenvalue weighted by atomic mass is 32.1. The number of amides is 1. The van der Waals surface area contributed by atoms with Crippen LogP contribution in [0.15, 0.2) is 54.6 Å². The van der Waals surface area contributed by atoms with E-state index in [1.54, 1.807) is 0 Å². The number of rotatable bonds is 7. The monoisotopic (exact) mass is 380 g/mol. The summed E-state index contributed by atoms with van der Waals surface area (Å²) in [5.41, 5.74) is 1.85. The first-order valence-corrected chi connectivity index (χ1v) is 10.3. The molecule has 3 aromatic rings. The van der Waals surface area contributed by atoms with E-state index in [2.05, 4.69) is 17.6 Å². The fraction of sp³-hybridized carbons (Fsp3) is 0.318. The second-order valence-corrected chi connectivity index (χ2v) is 8.27. The van der Waals surface area contributed by atoms with Crippen LogP contribution in [-0.4, -0.2) is 12.6 Å². The molecule has 27 heavy (non-hydrogen) atoms. The molecular formula is C22H24N2O2S. The van der Waals surface area contributed by atoms with Gasteiger partial charge in [0.1, 0.15) is 0 Å². The van der Waals surface area contributed by atoms with Crippen LogP contribution in [0.1, 0.15) is 25.3 Å². The number of carbonyl (C=O) groups is 1. The van der Waals surface area contributed by atoms with E-state index < -0.39 is 6.09 Å². The number of hydrogen-bond donors (Lipinski definition) is 2. The van der Waals surface area contributed by atoms with E-state index in [0.29, 0.717) is 11.0 Å². The SMILES string of the molecule is CC(CNCc1ccccc1NC(=O)Oc1cc2ccccc2s1)C1CC1. The van der Waals surface area contributed by atoms with Gasteiger partial charge in [0.15, 0.2) is 5.06 Å². The highest BCUT2D eigenvalue weighted by Gasteiger charge is 2.27. The highest BCUT2D eigenvalue weighted by Crippen LogP contribution is 2.36. The van der Waals surface area contributed by atoms with Gasteiger partial charge < -0.3 is 10.1 Å². The van der Waals surface area contributed by atoms with Crippen molar-refractivity contribution in [2.24, 2.45) is 11.8 Å². The van der Waals surface area contributed by atoms with Crippen molar-refractivity contribution in [2.45, 2.75) is 26.3 Å². The molecule has 1 aromatic heterocycles. The molecular weight excluding hydrogens is 356 g/mol. The molecule has 1 heterocycles. The first-order chi connectivity index (χ1) is 13.2. The summed E-state index contributed by atoms with van der Waals surface area (Å²) in [5, 5.41) is 8.08. The van der Waals surface area contributed by atoms with Crippen molar-refractivity contribution in [3.63, 3.8) is 0 Å². The highest BCUT2D eigenvalue weighted by molar-refractivity contribution is 7.20. The molecule has 2 aromatic carbocycles. The molecule has 0 aliphatic heterocycles. The number of hydrogen-bond acceptors (Lipinski definition) is 4. The van der Waals surface area contributed by atoms with Gasteiger partial charge in [0.2, 0.25) is 0 Å². The molecule has 1 unspecified atom stereocenters. The molecule has 1 amide bonds. The van der Waals surface area contributed by atoms with Crippen LogP contribution in [0.4, 0.5) is 10.5 Å². The lowest BCUT2D eigenvalue weighted by Crippen LogP contribution is -2.23. The number of para-hydroxylation sites is 1. The second kappa shape index (κ2) is 8.11. The number of thiophene rings is 1. The van der Waals surface area contributed by atoms with Crippen LogP contribution >= 0.6 is 11.3 Å². The maximum atomic E-state index is 12.3. The lowest BCUT2D eigenvalue weighted by atomic mass is 10.1. The van der Waals surface area contributed by atoms with Crippen LogP contribution in [0.5, 0.6) is 5.06 Å². The van der Waals surface area contributed by atoms with Crippen LogP contribution in [-0.2, 0) is 6.54 Å². The summed E-state index contributed by atoms with van der Waals surface area (Å²) < 4.78 is 6.59. The largest absolute Gasteiger partial charge is 0.417 e. The van der Waals surface area contributed by atoms with E-state index >= 15 is 0 Å². The summed E-state index contributed by atoms with van der Waals surface area (Å²) in [6.45, 7) is 4.04. The van der Waals surface area contributed by atoms with Crippen molar-refractivity contribution in [2.75, 3.05) is 11.9 Å². The molecule has 0 saturated heterocycles. The maximum absolute atomic E-state index is 12.3. The fourth-order valence-corrected chi connectivity index (χ4v) is 4.21. The number of ether oxygens (including phenoxy) is 1. The molecule has 4 rings (SSSR count). The number of benzene rings is 2. The van der Waals surface area contributed by atoms with Crippen LogP contribution in [0.2, 0.25) is 0 Å². The van der Waals surface area contributed by atoms with Crippen molar-refractivity contribution in [3.8, 4) is 5.06 Å². The summed E-state index contributed by atoms with van der Waals surface area (Å²) in [4.78, 5) is 12.3. The Balaban J connectivity index is 1.35. The van der Waals surface area contributed by atoms with E-state index in [1.807, 2.05) is 54.6 Å². The number of nitrogens with one attached hydrogen (secondary N) is 2. The quantitative estimate of drug-likeness (QED) is 0.557. The fourth-order valence-electron chi connectivity index (χ4n) is 3.30. The zero-order chi connectivity index (χ0) is 18.6. The second-order valence-electron chi connectivity index (χ2n) is 7.22. The third-order valence-corrected chi connectivity index (χ3v) is 6.05. The Labute approximate surface area is 163 Å². The van der Waals surface area contributed by atoms with Crippen molar-refractivity contribution in [1.29, 1.82) is 0 Å². The summed E-state index contributed by atoms with van der Waals surface area (Å²) in [7, 11) is 0. The van der Waals surface area contributed by atoms with Gasteiger partial charge in [0.05, 0.1) is 0 Å². The molecule has 1 fully saturated rings. The Morgan fingerprint density at radius 1 is 1.19 bits per heavy atom. The maximum Gasteiger partial charge on any atom is 0.417 e. The van der Waals surface area contributed by atoms with Crippen molar-refractivity contribution in [3.05, 3.63) is 60.2 Å². The smallest absolute Gasteiger partial charge is 0.399 e. The number of anilines is 1. The molecule has 1 atom stereocenters. The molecule has 0 spiro atoms. The Morgan fingerprint density at radius 3 is 2.78 bits per heavy atom. The zero-order valence-electron chi connectivity index (χ0n) is 15.4. The minimum absolute atomic E-state index is 0.458. The van der Waals surface area contributed by atoms with Gasteiger partial charge in [-0.3, -0.25) is 5.32 Å². The van der Waals surface area contributed by atoms with Gasteiger partial charge in [-0.05, 0) is 54.3 Å². The van der Waals surface area contributed by atoms with Crippen LogP contribution in [0, 0.1) is 11.8 Å². The number of fused-ring (bicyclic) bond motifs is 1. The van der Waals surface area contributed by atoms with Crippen molar-refractivity contribution in [1.82, 2.24) is 5.32 Å². The molecule has 2 N–H and O–H groups in total. The first kappa shape index (κ1) is 18.0. The average Bonchev–Trinajstić information content (AvgIpc) is 3.43. The Kier molecular flexibility index (Phi) is 5.41. The topological polar surface area (TPSA) is 50.4 Å². The minimum atomic E-state index is -0.458. The Morgan fingerprint density at radius 2 is 1.96 bits per heavy atom. The molecule has 1 aliphatic rings. The standard InChI is InChI=1S/C22H24N2O2S/c1-15(16-10-11-16)13-23-14-18-7-2-4-8-19(18)24-22(25)26-21-12-17-6-3-5-9-20(17)27-21/h2-9,12,15-16,23H,10-11,13-14H2,1H3,(H,24,25). The van der Waals surface area contributed by atoms with Gasteiger partial charge in [-0.2, -0.15) is 0 Å². The Hall–Kier alpha value is -2.37. The van der Waals surface area contributed by atoms with Crippen LogP contribution in [0.3, 0.4) is 0 Å². The molecule has 1 aliphatic carbocycles. The molecule has 1 saturated carbocycles. The predicted molar refractivity (Wildman–Crippen MR) is 112 cm³/mol. The van der Waals surface area contributed by atoms with Gasteiger partial charge in [-0.25, -0.2) is 4.79 Å². The third kappa shape index (κ3) is 4.67. The van der Waals surface area contributed by atoms with Gasteiger partial charge in [-0.1, -0.05) is 54.7 Å². The molecule has 4 nitrogen and oxygen atoms in total. The van der Waals surface area contributed by atoms with Crippen LogP contribution in [0.25, 0.3) is 10.1 Å². The summed E-state index contributed by atoms with van der Waals surface area (Å²) in [6, 6.07) is 17.7.